The van der Waals surface area contributed by atoms with Gasteiger partial charge in [0.25, 0.3) is 0 Å². The number of aromatic nitrogens is 1. The van der Waals surface area contributed by atoms with Crippen molar-refractivity contribution in [3.8, 4) is 11.5 Å². The number of ether oxygens (including phenoxy) is 2. The number of benzene rings is 2. The van der Waals surface area contributed by atoms with Gasteiger partial charge in [-0.1, -0.05) is 18.2 Å². The van der Waals surface area contributed by atoms with Crippen LogP contribution in [0, 0.1) is 6.92 Å². The van der Waals surface area contributed by atoms with E-state index in [1.807, 2.05) is 12.1 Å². The second kappa shape index (κ2) is 9.96. The van der Waals surface area contributed by atoms with E-state index in [4.69, 9.17) is 4.74 Å². The van der Waals surface area contributed by atoms with E-state index in [0.29, 0.717) is 23.8 Å². The van der Waals surface area contributed by atoms with Gasteiger partial charge in [0.05, 0.1) is 7.11 Å². The smallest absolute Gasteiger partial charge is 0.387 e. The maximum absolute atomic E-state index is 12.7. The normalized spacial score (nSPS) is 11.7. The number of aromatic amines is 1. The van der Waals surface area contributed by atoms with Crippen LogP contribution >= 0.6 is 0 Å². The van der Waals surface area contributed by atoms with Crippen LogP contribution in [0.2, 0.25) is 0 Å². The molecule has 3 N–H and O–H groups in total. The van der Waals surface area contributed by atoms with Gasteiger partial charge in [-0.2, -0.15) is 8.78 Å². The van der Waals surface area contributed by atoms with Gasteiger partial charge in [0.15, 0.2) is 5.96 Å². The zero-order valence-corrected chi connectivity index (χ0v) is 17.3. The number of methoxy groups -OCH3 is 1. The number of alkyl halides is 2. The molecule has 3 aromatic rings. The molecular formula is C22H26F2N4O2. The summed E-state index contributed by atoms with van der Waals surface area (Å²) in [5.74, 6) is 1.23. The van der Waals surface area contributed by atoms with Crippen molar-refractivity contribution in [1.82, 2.24) is 15.6 Å². The van der Waals surface area contributed by atoms with Gasteiger partial charge >= 0.3 is 6.61 Å². The molecule has 0 radical (unpaired) electrons. The number of para-hydroxylation sites is 1. The fraction of sp³-hybridized carbons (Fsp3) is 0.318. The van der Waals surface area contributed by atoms with Gasteiger partial charge in [-0.25, -0.2) is 0 Å². The third kappa shape index (κ3) is 5.20. The van der Waals surface area contributed by atoms with Gasteiger partial charge in [-0.15, -0.1) is 0 Å². The van der Waals surface area contributed by atoms with Crippen LogP contribution in [0.4, 0.5) is 8.78 Å². The molecule has 0 bridgehead atoms. The number of nitrogens with one attached hydrogen (secondary N) is 3. The van der Waals surface area contributed by atoms with Crippen molar-refractivity contribution in [2.24, 2.45) is 4.99 Å². The summed E-state index contributed by atoms with van der Waals surface area (Å²) in [6, 6.07) is 12.9. The van der Waals surface area contributed by atoms with Gasteiger partial charge < -0.3 is 25.1 Å². The Kier molecular flexibility index (Phi) is 7.11. The van der Waals surface area contributed by atoms with Gasteiger partial charge in [-0.05, 0) is 43.2 Å². The highest BCUT2D eigenvalue weighted by Gasteiger charge is 2.12. The fourth-order valence-corrected chi connectivity index (χ4v) is 3.39. The monoisotopic (exact) mass is 416 g/mol. The van der Waals surface area contributed by atoms with Crippen molar-refractivity contribution >= 4 is 16.9 Å². The van der Waals surface area contributed by atoms with Crippen LogP contribution in [-0.4, -0.2) is 38.3 Å². The second-order valence-corrected chi connectivity index (χ2v) is 6.73. The van der Waals surface area contributed by atoms with E-state index in [1.54, 1.807) is 19.2 Å². The molecule has 0 atom stereocenters. The topological polar surface area (TPSA) is 70.7 Å². The number of hydrogen-bond donors (Lipinski definition) is 3. The molecule has 1 heterocycles. The molecule has 3 rings (SSSR count). The van der Waals surface area contributed by atoms with Crippen molar-refractivity contribution in [3.05, 3.63) is 59.3 Å². The Morgan fingerprint density at radius 3 is 2.70 bits per heavy atom. The largest absolute Gasteiger partial charge is 0.497 e. The minimum absolute atomic E-state index is 0.100. The minimum atomic E-state index is -2.89. The summed E-state index contributed by atoms with van der Waals surface area (Å²) in [4.78, 5) is 7.60. The Balaban J connectivity index is 1.61. The lowest BCUT2D eigenvalue weighted by atomic mass is 10.1. The molecule has 0 saturated heterocycles. The number of aryl methyl sites for hydroxylation is 1. The SMILES string of the molecule is CN=C(NCCc1c(C)[nH]c2ccccc12)NCc1cc(OC)ccc1OC(F)F. The second-order valence-electron chi connectivity index (χ2n) is 6.73. The maximum atomic E-state index is 12.7. The number of guanidine groups is 1. The van der Waals surface area contributed by atoms with E-state index >= 15 is 0 Å². The fourth-order valence-electron chi connectivity index (χ4n) is 3.39. The van der Waals surface area contributed by atoms with Crippen LogP contribution in [0.15, 0.2) is 47.5 Å². The predicted molar refractivity (Wildman–Crippen MR) is 115 cm³/mol. The average Bonchev–Trinajstić information content (AvgIpc) is 3.06. The molecule has 6 nitrogen and oxygen atoms in total. The van der Waals surface area contributed by atoms with Crippen molar-refractivity contribution in [3.63, 3.8) is 0 Å². The number of nitrogens with zero attached hydrogens (tertiary/aromatic N) is 1. The van der Waals surface area contributed by atoms with Gasteiger partial charge in [0.2, 0.25) is 0 Å². The first-order chi connectivity index (χ1) is 14.5. The summed E-state index contributed by atoms with van der Waals surface area (Å²) >= 11 is 0. The van der Waals surface area contributed by atoms with E-state index in [0.717, 1.165) is 17.6 Å². The molecule has 1 aromatic heterocycles. The van der Waals surface area contributed by atoms with Crippen LogP contribution < -0.4 is 20.1 Å². The van der Waals surface area contributed by atoms with Crippen molar-refractivity contribution in [1.29, 1.82) is 0 Å². The molecule has 160 valence electrons. The predicted octanol–water partition coefficient (Wildman–Crippen LogP) is 3.99. The van der Waals surface area contributed by atoms with Crippen LogP contribution in [-0.2, 0) is 13.0 Å². The number of aliphatic imine (C=N–C) groups is 1. The van der Waals surface area contributed by atoms with E-state index in [2.05, 4.69) is 44.4 Å². The third-order valence-electron chi connectivity index (χ3n) is 4.85. The van der Waals surface area contributed by atoms with Gasteiger partial charge in [0.1, 0.15) is 11.5 Å². The first-order valence-corrected chi connectivity index (χ1v) is 9.64. The molecule has 0 saturated carbocycles. The lowest BCUT2D eigenvalue weighted by Crippen LogP contribution is -2.38. The zero-order chi connectivity index (χ0) is 21.5. The van der Waals surface area contributed by atoms with Crippen LogP contribution in [0.1, 0.15) is 16.8 Å². The summed E-state index contributed by atoms with van der Waals surface area (Å²) in [5, 5.41) is 7.61. The van der Waals surface area contributed by atoms with Crippen molar-refractivity contribution in [2.75, 3.05) is 20.7 Å². The molecule has 0 aliphatic carbocycles. The Hall–Kier alpha value is -3.29. The lowest BCUT2D eigenvalue weighted by Gasteiger charge is -2.15. The van der Waals surface area contributed by atoms with Crippen molar-refractivity contribution in [2.45, 2.75) is 26.5 Å². The highest BCUT2D eigenvalue weighted by atomic mass is 19.3. The summed E-state index contributed by atoms with van der Waals surface area (Å²) < 4.78 is 35.1. The first kappa shape index (κ1) is 21.4. The van der Waals surface area contributed by atoms with Gasteiger partial charge in [-0.3, -0.25) is 4.99 Å². The summed E-state index contributed by atoms with van der Waals surface area (Å²) in [5.41, 5.74) is 4.07. The Morgan fingerprint density at radius 2 is 1.97 bits per heavy atom. The summed E-state index contributed by atoms with van der Waals surface area (Å²) in [7, 11) is 3.18. The molecular weight excluding hydrogens is 390 g/mol. The summed E-state index contributed by atoms with van der Waals surface area (Å²) in [6.07, 6.45) is 0.815. The third-order valence-corrected chi connectivity index (χ3v) is 4.85. The Morgan fingerprint density at radius 1 is 1.17 bits per heavy atom. The Labute approximate surface area is 174 Å². The number of fused-ring (bicyclic) bond motifs is 1. The first-order valence-electron chi connectivity index (χ1n) is 9.64. The van der Waals surface area contributed by atoms with E-state index < -0.39 is 6.61 Å². The number of rotatable bonds is 8. The number of H-pyrrole nitrogens is 1. The summed E-state index contributed by atoms with van der Waals surface area (Å²) in [6.45, 7) is 0.0933. The van der Waals surface area contributed by atoms with E-state index in [1.165, 1.54) is 24.1 Å². The average molecular weight is 416 g/mol. The van der Waals surface area contributed by atoms with Crippen LogP contribution in [0.25, 0.3) is 10.9 Å². The molecule has 0 aliphatic heterocycles. The maximum Gasteiger partial charge on any atom is 0.387 e. The van der Waals surface area contributed by atoms with Crippen molar-refractivity contribution < 1.29 is 18.3 Å². The van der Waals surface area contributed by atoms with Crippen LogP contribution in [0.3, 0.4) is 0 Å². The zero-order valence-electron chi connectivity index (χ0n) is 17.3. The highest BCUT2D eigenvalue weighted by Crippen LogP contribution is 2.25. The molecule has 2 aromatic carbocycles. The molecule has 8 heteroatoms. The lowest BCUT2D eigenvalue weighted by molar-refractivity contribution is -0.0504. The van der Waals surface area contributed by atoms with Crippen LogP contribution in [0.5, 0.6) is 11.5 Å². The minimum Gasteiger partial charge on any atom is -0.497 e. The van der Waals surface area contributed by atoms with Gasteiger partial charge in [0, 0.05) is 42.3 Å². The van der Waals surface area contributed by atoms with E-state index in [-0.39, 0.29) is 12.3 Å². The van der Waals surface area contributed by atoms with E-state index in [9.17, 15) is 8.78 Å². The number of hydrogen-bond acceptors (Lipinski definition) is 3. The molecule has 30 heavy (non-hydrogen) atoms. The molecule has 0 fully saturated rings. The Bertz CT molecular complexity index is 1020. The number of halogens is 2. The molecule has 0 spiro atoms. The highest BCUT2D eigenvalue weighted by molar-refractivity contribution is 5.84. The quantitative estimate of drug-likeness (QED) is 0.384. The molecule has 0 amide bonds. The molecule has 0 unspecified atom stereocenters. The molecule has 0 aliphatic rings. The standard InChI is InChI=1S/C22H26F2N4O2/c1-14-17(18-6-4-5-7-19(18)28-14)10-11-26-22(25-2)27-13-15-12-16(29-3)8-9-20(15)30-21(23)24/h4-9,12,21,28H,10-11,13H2,1-3H3,(H2,25,26,27).